The van der Waals surface area contributed by atoms with Crippen LogP contribution in [0.5, 0.6) is 0 Å². The smallest absolute Gasteiger partial charge is 0.113 e. The summed E-state index contributed by atoms with van der Waals surface area (Å²) < 4.78 is 12.9. The zero-order chi connectivity index (χ0) is 7.41. The Morgan fingerprint density at radius 3 is 2.30 bits per heavy atom. The van der Waals surface area contributed by atoms with Crippen LogP contribution in [-0.4, -0.2) is 23.4 Å². The molecule has 0 saturated heterocycles. The fraction of sp³-hybridized carbons (Fsp3) is 1.00. The van der Waals surface area contributed by atoms with Crippen molar-refractivity contribution in [2.24, 2.45) is 11.1 Å². The van der Waals surface area contributed by atoms with Gasteiger partial charge in [0.2, 0.25) is 0 Å². The van der Waals surface area contributed by atoms with Crippen molar-refractivity contribution in [1.29, 1.82) is 0 Å². The lowest BCUT2D eigenvalue weighted by Gasteiger charge is -2.67. The van der Waals surface area contributed by atoms with Gasteiger partial charge in [-0.3, -0.25) is 0 Å². The summed E-state index contributed by atoms with van der Waals surface area (Å²) >= 11 is 0. The topological polar surface area (TPSA) is 46.2 Å². The molecule has 2 bridgehead atoms. The molecule has 0 radical (unpaired) electrons. The molecule has 0 amide bonds. The molecular weight excluding hydrogens is 133 g/mol. The first-order valence-electron chi connectivity index (χ1n) is 3.67. The number of hydrogen-bond acceptors (Lipinski definition) is 2. The molecule has 3 N–H and O–H groups in total. The van der Waals surface area contributed by atoms with Gasteiger partial charge in [-0.25, -0.2) is 4.39 Å². The van der Waals surface area contributed by atoms with E-state index in [1.54, 1.807) is 0 Å². The third-order valence-corrected chi connectivity index (χ3v) is 2.94. The zero-order valence-electron chi connectivity index (χ0n) is 5.81. The molecule has 3 rings (SSSR count). The van der Waals surface area contributed by atoms with E-state index in [0.29, 0.717) is 19.3 Å². The minimum absolute atomic E-state index is 0.108. The van der Waals surface area contributed by atoms with Crippen LogP contribution in [0.15, 0.2) is 0 Å². The standard InChI is InChI=1S/C7H12FNO/c8-7-2-6(3-7,4-7)5(10)1-9/h5,10H,1-4,9H2. The van der Waals surface area contributed by atoms with Gasteiger partial charge in [-0.1, -0.05) is 0 Å². The Kier molecular flexibility index (Phi) is 1.01. The highest BCUT2D eigenvalue weighted by Gasteiger charge is 2.71. The zero-order valence-corrected chi connectivity index (χ0v) is 5.81. The highest BCUT2D eigenvalue weighted by Crippen LogP contribution is 2.70. The number of alkyl halides is 1. The summed E-state index contributed by atoms with van der Waals surface area (Å²) in [5, 5.41) is 9.30. The molecule has 10 heavy (non-hydrogen) atoms. The van der Waals surface area contributed by atoms with Crippen molar-refractivity contribution in [3.05, 3.63) is 0 Å². The Morgan fingerprint density at radius 1 is 1.50 bits per heavy atom. The van der Waals surface area contributed by atoms with Crippen molar-refractivity contribution in [1.82, 2.24) is 0 Å². The van der Waals surface area contributed by atoms with E-state index < -0.39 is 11.8 Å². The number of nitrogens with two attached hydrogens (primary N) is 1. The lowest BCUT2D eigenvalue weighted by Crippen LogP contribution is -2.70. The van der Waals surface area contributed by atoms with Gasteiger partial charge in [0.05, 0.1) is 6.10 Å². The van der Waals surface area contributed by atoms with E-state index in [2.05, 4.69) is 0 Å². The molecule has 58 valence electrons. The van der Waals surface area contributed by atoms with Gasteiger partial charge in [-0.15, -0.1) is 0 Å². The molecule has 1 atom stereocenters. The Labute approximate surface area is 59.2 Å². The molecule has 3 fully saturated rings. The molecule has 0 spiro atoms. The van der Waals surface area contributed by atoms with Crippen molar-refractivity contribution >= 4 is 0 Å². The van der Waals surface area contributed by atoms with E-state index in [-0.39, 0.29) is 12.0 Å². The SMILES string of the molecule is NCC(O)C12CC(F)(C1)C2. The summed E-state index contributed by atoms with van der Waals surface area (Å²) in [4.78, 5) is 0. The number of aliphatic hydroxyl groups excluding tert-OH is 1. The van der Waals surface area contributed by atoms with Crippen LogP contribution in [0.2, 0.25) is 0 Å². The van der Waals surface area contributed by atoms with Crippen LogP contribution in [0.1, 0.15) is 19.3 Å². The lowest BCUT2D eigenvalue weighted by atomic mass is 9.40. The number of halogens is 1. The molecule has 3 heteroatoms. The first-order valence-corrected chi connectivity index (χ1v) is 3.67. The average molecular weight is 145 g/mol. The van der Waals surface area contributed by atoms with Gasteiger partial charge < -0.3 is 10.8 Å². The fourth-order valence-electron chi connectivity index (χ4n) is 2.34. The molecular formula is C7H12FNO. The second-order valence-corrected chi connectivity index (χ2v) is 3.80. The van der Waals surface area contributed by atoms with Gasteiger partial charge in [0.1, 0.15) is 5.67 Å². The molecule has 3 aliphatic rings. The molecule has 0 aromatic carbocycles. The third kappa shape index (κ3) is 0.551. The van der Waals surface area contributed by atoms with Crippen LogP contribution in [0.25, 0.3) is 0 Å². The molecule has 3 saturated carbocycles. The monoisotopic (exact) mass is 145 g/mol. The summed E-state index contributed by atoms with van der Waals surface area (Å²) in [6.07, 6.45) is 1.15. The summed E-state index contributed by atoms with van der Waals surface area (Å²) in [7, 11) is 0. The summed E-state index contributed by atoms with van der Waals surface area (Å²) in [6, 6.07) is 0. The number of rotatable bonds is 2. The van der Waals surface area contributed by atoms with Gasteiger partial charge in [-0.05, 0) is 19.3 Å². The largest absolute Gasteiger partial charge is 0.391 e. The van der Waals surface area contributed by atoms with Crippen LogP contribution in [-0.2, 0) is 0 Å². The van der Waals surface area contributed by atoms with Crippen LogP contribution in [0.3, 0.4) is 0 Å². The number of hydrogen-bond donors (Lipinski definition) is 2. The average Bonchev–Trinajstić information content (AvgIpc) is 1.77. The quantitative estimate of drug-likeness (QED) is 0.583. The Bertz CT molecular complexity index is 151. The first kappa shape index (κ1) is 6.55. The van der Waals surface area contributed by atoms with Crippen molar-refractivity contribution in [2.45, 2.75) is 31.0 Å². The normalized spacial score (nSPS) is 53.1. The molecule has 3 aliphatic carbocycles. The van der Waals surface area contributed by atoms with E-state index in [1.165, 1.54) is 0 Å². The first-order chi connectivity index (χ1) is 4.60. The highest BCUT2D eigenvalue weighted by atomic mass is 19.1. The maximum atomic E-state index is 12.9. The van der Waals surface area contributed by atoms with Crippen molar-refractivity contribution in [2.75, 3.05) is 6.54 Å². The maximum Gasteiger partial charge on any atom is 0.113 e. The van der Waals surface area contributed by atoms with Gasteiger partial charge in [-0.2, -0.15) is 0 Å². The van der Waals surface area contributed by atoms with Gasteiger partial charge in [0.15, 0.2) is 0 Å². The molecule has 0 heterocycles. The molecule has 0 aromatic rings. The van der Waals surface area contributed by atoms with Crippen molar-refractivity contribution < 1.29 is 9.50 Å². The van der Waals surface area contributed by atoms with E-state index >= 15 is 0 Å². The summed E-state index contributed by atoms with van der Waals surface area (Å²) in [5.74, 6) is 0. The van der Waals surface area contributed by atoms with E-state index in [4.69, 9.17) is 5.73 Å². The van der Waals surface area contributed by atoms with Crippen LogP contribution < -0.4 is 5.73 Å². The predicted octanol–water partition coefficient (Wildman–Crippen LogP) is 0.198. The maximum absolute atomic E-state index is 12.9. The van der Waals surface area contributed by atoms with Gasteiger partial charge >= 0.3 is 0 Å². The van der Waals surface area contributed by atoms with E-state index in [9.17, 15) is 9.50 Å². The fourth-order valence-corrected chi connectivity index (χ4v) is 2.34. The van der Waals surface area contributed by atoms with Crippen LogP contribution in [0, 0.1) is 5.41 Å². The van der Waals surface area contributed by atoms with E-state index in [1.807, 2.05) is 0 Å². The Balaban J connectivity index is 1.98. The number of aliphatic hydroxyl groups is 1. The van der Waals surface area contributed by atoms with Crippen LogP contribution >= 0.6 is 0 Å². The second-order valence-electron chi connectivity index (χ2n) is 3.80. The highest BCUT2D eigenvalue weighted by molar-refractivity contribution is 5.21. The Hall–Kier alpha value is -0.150. The Morgan fingerprint density at radius 2 is 2.00 bits per heavy atom. The van der Waals surface area contributed by atoms with E-state index in [0.717, 1.165) is 0 Å². The lowest BCUT2D eigenvalue weighted by molar-refractivity contribution is -0.256. The molecule has 0 aliphatic heterocycles. The second kappa shape index (κ2) is 1.53. The third-order valence-electron chi connectivity index (χ3n) is 2.94. The summed E-state index contributed by atoms with van der Waals surface area (Å²) in [6.45, 7) is 0.274. The summed E-state index contributed by atoms with van der Waals surface area (Å²) in [5.41, 5.74) is 4.25. The molecule has 1 unspecified atom stereocenters. The minimum atomic E-state index is -0.907. The minimum Gasteiger partial charge on any atom is -0.391 e. The predicted molar refractivity (Wildman–Crippen MR) is 35.2 cm³/mol. The van der Waals surface area contributed by atoms with Gasteiger partial charge in [0, 0.05) is 12.0 Å². The van der Waals surface area contributed by atoms with Crippen LogP contribution in [0.4, 0.5) is 4.39 Å². The van der Waals surface area contributed by atoms with Gasteiger partial charge in [0.25, 0.3) is 0 Å². The van der Waals surface area contributed by atoms with Crippen molar-refractivity contribution in [3.63, 3.8) is 0 Å². The van der Waals surface area contributed by atoms with Crippen molar-refractivity contribution in [3.8, 4) is 0 Å². The molecule has 0 aromatic heterocycles. The molecule has 2 nitrogen and oxygen atoms in total.